The molecule has 2 heterocycles. The van der Waals surface area contributed by atoms with Gasteiger partial charge in [-0.25, -0.2) is 0 Å². The van der Waals surface area contributed by atoms with Crippen molar-refractivity contribution in [2.45, 2.75) is 33.2 Å². The first kappa shape index (κ1) is 22.0. The zero-order valence-corrected chi connectivity index (χ0v) is 19.0. The van der Waals surface area contributed by atoms with E-state index in [1.165, 1.54) is 5.56 Å². The number of ether oxygens (including phenoxy) is 1. The molecule has 168 valence electrons. The third-order valence-electron chi connectivity index (χ3n) is 5.75. The highest BCUT2D eigenvalue weighted by Gasteiger charge is 2.23. The summed E-state index contributed by atoms with van der Waals surface area (Å²) in [6.45, 7) is 9.78. The van der Waals surface area contributed by atoms with Crippen molar-refractivity contribution in [2.24, 2.45) is 0 Å². The van der Waals surface area contributed by atoms with Crippen molar-refractivity contribution in [3.63, 3.8) is 0 Å². The third kappa shape index (κ3) is 5.34. The SMILES string of the molecule is Cc1ccc(-c2noc(CN3CCN(C(=O)COc4ccccc4C(C)C)CC3)n2)cc1. The number of carbonyl (C=O) groups excluding carboxylic acids is 1. The lowest BCUT2D eigenvalue weighted by atomic mass is 10.0. The first-order valence-corrected chi connectivity index (χ1v) is 11.1. The molecule has 0 aliphatic carbocycles. The number of benzene rings is 2. The highest BCUT2D eigenvalue weighted by Crippen LogP contribution is 2.26. The maximum atomic E-state index is 12.6. The van der Waals surface area contributed by atoms with Gasteiger partial charge in [-0.2, -0.15) is 4.98 Å². The monoisotopic (exact) mass is 434 g/mol. The lowest BCUT2D eigenvalue weighted by Crippen LogP contribution is -2.49. The second-order valence-corrected chi connectivity index (χ2v) is 8.52. The number of para-hydroxylation sites is 1. The van der Waals surface area contributed by atoms with E-state index >= 15 is 0 Å². The molecule has 0 radical (unpaired) electrons. The van der Waals surface area contributed by atoms with Crippen molar-refractivity contribution >= 4 is 5.91 Å². The van der Waals surface area contributed by atoms with Crippen molar-refractivity contribution in [1.82, 2.24) is 19.9 Å². The fourth-order valence-corrected chi connectivity index (χ4v) is 3.81. The summed E-state index contributed by atoms with van der Waals surface area (Å²) in [5.41, 5.74) is 3.26. The number of rotatable bonds is 7. The standard InChI is InChI=1S/C25H30N4O3/c1-18(2)21-6-4-5-7-22(21)31-17-24(30)29-14-12-28(13-15-29)16-23-26-25(27-32-23)20-10-8-19(3)9-11-20/h4-11,18H,12-17H2,1-3H3. The molecule has 1 aliphatic heterocycles. The van der Waals surface area contributed by atoms with E-state index in [4.69, 9.17) is 9.26 Å². The van der Waals surface area contributed by atoms with Gasteiger partial charge >= 0.3 is 0 Å². The van der Waals surface area contributed by atoms with E-state index in [2.05, 4.69) is 28.9 Å². The van der Waals surface area contributed by atoms with Gasteiger partial charge in [-0.3, -0.25) is 9.69 Å². The molecule has 0 atom stereocenters. The quantitative estimate of drug-likeness (QED) is 0.562. The van der Waals surface area contributed by atoms with Crippen LogP contribution in [0.4, 0.5) is 0 Å². The molecule has 1 saturated heterocycles. The van der Waals surface area contributed by atoms with Crippen LogP contribution in [0.3, 0.4) is 0 Å². The Morgan fingerprint density at radius 3 is 2.50 bits per heavy atom. The number of hydrogen-bond donors (Lipinski definition) is 0. The molecule has 1 amide bonds. The van der Waals surface area contributed by atoms with Crippen LogP contribution in [-0.4, -0.2) is 58.6 Å². The molecule has 0 unspecified atom stereocenters. The molecule has 7 heteroatoms. The molecule has 3 aromatic rings. The van der Waals surface area contributed by atoms with Crippen molar-refractivity contribution in [3.8, 4) is 17.1 Å². The van der Waals surface area contributed by atoms with Gasteiger partial charge in [0, 0.05) is 31.7 Å². The second kappa shape index (κ2) is 9.96. The van der Waals surface area contributed by atoms with E-state index in [0.29, 0.717) is 37.3 Å². The zero-order chi connectivity index (χ0) is 22.5. The Labute approximate surface area is 189 Å². The number of aryl methyl sites for hydroxylation is 1. The highest BCUT2D eigenvalue weighted by molar-refractivity contribution is 5.78. The Kier molecular flexibility index (Phi) is 6.85. The van der Waals surface area contributed by atoms with E-state index in [9.17, 15) is 4.79 Å². The second-order valence-electron chi connectivity index (χ2n) is 8.52. The van der Waals surface area contributed by atoms with Crippen LogP contribution in [0.5, 0.6) is 5.75 Å². The minimum absolute atomic E-state index is 0.0163. The first-order valence-electron chi connectivity index (χ1n) is 11.1. The summed E-state index contributed by atoms with van der Waals surface area (Å²) in [5, 5.41) is 4.10. The molecule has 0 bridgehead atoms. The Hall–Kier alpha value is -3.19. The van der Waals surface area contributed by atoms with Gasteiger partial charge in [-0.05, 0) is 24.5 Å². The van der Waals surface area contributed by atoms with E-state index in [0.717, 1.165) is 30.0 Å². The van der Waals surface area contributed by atoms with Crippen LogP contribution in [0.2, 0.25) is 0 Å². The normalized spacial score (nSPS) is 14.7. The van der Waals surface area contributed by atoms with Crippen LogP contribution in [0, 0.1) is 6.92 Å². The maximum absolute atomic E-state index is 12.6. The van der Waals surface area contributed by atoms with E-state index in [1.54, 1.807) is 0 Å². The average molecular weight is 435 g/mol. The van der Waals surface area contributed by atoms with Crippen LogP contribution in [-0.2, 0) is 11.3 Å². The first-order chi connectivity index (χ1) is 15.5. The summed E-state index contributed by atoms with van der Waals surface area (Å²) in [7, 11) is 0. The van der Waals surface area contributed by atoms with Crippen LogP contribution >= 0.6 is 0 Å². The number of aromatic nitrogens is 2. The topological polar surface area (TPSA) is 71.7 Å². The predicted molar refractivity (Wildman–Crippen MR) is 122 cm³/mol. The predicted octanol–water partition coefficient (Wildman–Crippen LogP) is 3.89. The minimum Gasteiger partial charge on any atom is -0.483 e. The van der Waals surface area contributed by atoms with Crippen LogP contribution in [0.25, 0.3) is 11.4 Å². The Morgan fingerprint density at radius 2 is 1.78 bits per heavy atom. The fourth-order valence-electron chi connectivity index (χ4n) is 3.81. The summed E-state index contributed by atoms with van der Waals surface area (Å²) in [6, 6.07) is 16.0. The number of piperazine rings is 1. The highest BCUT2D eigenvalue weighted by atomic mass is 16.5. The smallest absolute Gasteiger partial charge is 0.260 e. The largest absolute Gasteiger partial charge is 0.483 e. The molecular formula is C25H30N4O3. The van der Waals surface area contributed by atoms with Crippen LogP contribution < -0.4 is 4.74 Å². The summed E-state index contributed by atoms with van der Waals surface area (Å²) in [6.07, 6.45) is 0. The Balaban J connectivity index is 1.25. The lowest BCUT2D eigenvalue weighted by Gasteiger charge is -2.33. The van der Waals surface area contributed by atoms with E-state index < -0.39 is 0 Å². The van der Waals surface area contributed by atoms with Crippen molar-refractivity contribution in [3.05, 3.63) is 65.5 Å². The number of hydrogen-bond acceptors (Lipinski definition) is 6. The van der Waals surface area contributed by atoms with Gasteiger partial charge in [0.05, 0.1) is 6.54 Å². The van der Waals surface area contributed by atoms with Crippen molar-refractivity contribution in [2.75, 3.05) is 32.8 Å². The van der Waals surface area contributed by atoms with Crippen molar-refractivity contribution in [1.29, 1.82) is 0 Å². The average Bonchev–Trinajstić information content (AvgIpc) is 3.27. The lowest BCUT2D eigenvalue weighted by molar-refractivity contribution is -0.135. The van der Waals surface area contributed by atoms with Gasteiger partial charge in [0.25, 0.3) is 5.91 Å². The summed E-state index contributed by atoms with van der Waals surface area (Å²) in [5.74, 6) is 2.35. The summed E-state index contributed by atoms with van der Waals surface area (Å²) >= 11 is 0. The van der Waals surface area contributed by atoms with Crippen LogP contribution in [0.1, 0.15) is 36.8 Å². The molecule has 1 fully saturated rings. The Bertz CT molecular complexity index is 1040. The maximum Gasteiger partial charge on any atom is 0.260 e. The molecule has 4 rings (SSSR count). The molecule has 7 nitrogen and oxygen atoms in total. The number of amides is 1. The Morgan fingerprint density at radius 1 is 1.06 bits per heavy atom. The molecule has 0 saturated carbocycles. The third-order valence-corrected chi connectivity index (χ3v) is 5.75. The minimum atomic E-state index is 0.0163. The molecule has 1 aliphatic rings. The molecule has 0 N–H and O–H groups in total. The van der Waals surface area contributed by atoms with E-state index in [-0.39, 0.29) is 12.5 Å². The molecule has 0 spiro atoms. The molecule has 1 aromatic heterocycles. The van der Waals surface area contributed by atoms with Gasteiger partial charge in [0.15, 0.2) is 6.61 Å². The fraction of sp³-hybridized carbons (Fsp3) is 0.400. The summed E-state index contributed by atoms with van der Waals surface area (Å²) in [4.78, 5) is 21.3. The van der Waals surface area contributed by atoms with Crippen LogP contribution in [0.15, 0.2) is 53.1 Å². The summed E-state index contributed by atoms with van der Waals surface area (Å²) < 4.78 is 11.3. The number of nitrogens with zero attached hydrogens (tertiary/aromatic N) is 4. The zero-order valence-electron chi connectivity index (χ0n) is 19.0. The van der Waals surface area contributed by atoms with Gasteiger partial charge < -0.3 is 14.2 Å². The molecule has 32 heavy (non-hydrogen) atoms. The van der Waals surface area contributed by atoms with Gasteiger partial charge in [-0.15, -0.1) is 0 Å². The molecular weight excluding hydrogens is 404 g/mol. The van der Waals surface area contributed by atoms with Gasteiger partial charge in [0.2, 0.25) is 11.7 Å². The van der Waals surface area contributed by atoms with Gasteiger partial charge in [-0.1, -0.05) is 67.0 Å². The van der Waals surface area contributed by atoms with Gasteiger partial charge in [0.1, 0.15) is 5.75 Å². The number of carbonyl (C=O) groups is 1. The van der Waals surface area contributed by atoms with E-state index in [1.807, 2.05) is 60.4 Å². The van der Waals surface area contributed by atoms with Crippen molar-refractivity contribution < 1.29 is 14.1 Å². The molecule has 2 aromatic carbocycles.